The minimum absolute atomic E-state index is 0.0304. The molecule has 1 unspecified atom stereocenters. The molecular weight excluding hydrogens is 590 g/mol. The Morgan fingerprint density at radius 3 is 2.30 bits per heavy atom. The Hall–Kier alpha value is -3.76. The Morgan fingerprint density at radius 1 is 0.953 bits per heavy atom. The van der Waals surface area contributed by atoms with E-state index in [0.29, 0.717) is 5.75 Å². The SMILES string of the molecule is COc1cccc(CN(C(=O)CN(c2cc(Cl)ccc2OC)S(C)(=O)=O)C(Cc2ccccc2)C(=O)NC2CCCC2)c1. The van der Waals surface area contributed by atoms with Crippen molar-refractivity contribution in [3.8, 4) is 11.5 Å². The van der Waals surface area contributed by atoms with E-state index in [2.05, 4.69) is 5.32 Å². The number of halogens is 1. The lowest BCUT2D eigenvalue weighted by atomic mass is 10.0. The summed E-state index contributed by atoms with van der Waals surface area (Å²) in [5.41, 5.74) is 1.72. The molecule has 1 aliphatic carbocycles. The number of hydrogen-bond donors (Lipinski definition) is 1. The Morgan fingerprint density at radius 2 is 1.65 bits per heavy atom. The molecule has 0 radical (unpaired) electrons. The van der Waals surface area contributed by atoms with Gasteiger partial charge in [0, 0.05) is 24.0 Å². The monoisotopic (exact) mass is 627 g/mol. The van der Waals surface area contributed by atoms with E-state index in [1.807, 2.05) is 36.4 Å². The first-order valence-electron chi connectivity index (χ1n) is 14.2. The van der Waals surface area contributed by atoms with Crippen molar-refractivity contribution in [2.75, 3.05) is 31.3 Å². The number of nitrogens with one attached hydrogen (secondary N) is 1. The van der Waals surface area contributed by atoms with Gasteiger partial charge in [0.2, 0.25) is 21.8 Å². The largest absolute Gasteiger partial charge is 0.497 e. The number of rotatable bonds is 13. The zero-order chi connectivity index (χ0) is 31.0. The molecule has 0 aliphatic heterocycles. The highest BCUT2D eigenvalue weighted by molar-refractivity contribution is 7.92. The minimum atomic E-state index is -3.98. The van der Waals surface area contributed by atoms with Gasteiger partial charge in [0.15, 0.2) is 0 Å². The lowest BCUT2D eigenvalue weighted by Gasteiger charge is -2.34. The van der Waals surface area contributed by atoms with Gasteiger partial charge in [0.1, 0.15) is 24.1 Å². The Bertz CT molecular complexity index is 1510. The molecule has 0 saturated heterocycles. The third-order valence-corrected chi connectivity index (χ3v) is 8.91. The van der Waals surface area contributed by atoms with Crippen LogP contribution in [-0.4, -0.2) is 64.2 Å². The highest BCUT2D eigenvalue weighted by Crippen LogP contribution is 2.33. The summed E-state index contributed by atoms with van der Waals surface area (Å²) in [5.74, 6) is -0.000794. The van der Waals surface area contributed by atoms with Crippen LogP contribution in [0.1, 0.15) is 36.8 Å². The lowest BCUT2D eigenvalue weighted by Crippen LogP contribution is -2.54. The van der Waals surface area contributed by atoms with E-state index in [4.69, 9.17) is 21.1 Å². The van der Waals surface area contributed by atoms with Gasteiger partial charge in [-0.3, -0.25) is 13.9 Å². The number of ether oxygens (including phenoxy) is 2. The predicted molar refractivity (Wildman–Crippen MR) is 168 cm³/mol. The summed E-state index contributed by atoms with van der Waals surface area (Å²) >= 11 is 6.23. The maximum Gasteiger partial charge on any atom is 0.244 e. The highest BCUT2D eigenvalue weighted by atomic mass is 35.5. The summed E-state index contributed by atoms with van der Waals surface area (Å²) < 4.78 is 38.0. The van der Waals surface area contributed by atoms with Gasteiger partial charge in [-0.2, -0.15) is 0 Å². The fourth-order valence-corrected chi connectivity index (χ4v) is 6.35. The van der Waals surface area contributed by atoms with Crippen LogP contribution in [0, 0.1) is 0 Å². The van der Waals surface area contributed by atoms with Gasteiger partial charge in [-0.05, 0) is 54.3 Å². The summed E-state index contributed by atoms with van der Waals surface area (Å²) in [6, 6.07) is 20.4. The lowest BCUT2D eigenvalue weighted by molar-refractivity contribution is -0.140. The molecule has 4 rings (SSSR count). The Labute approximate surface area is 258 Å². The predicted octanol–water partition coefficient (Wildman–Crippen LogP) is 4.82. The summed E-state index contributed by atoms with van der Waals surface area (Å²) in [7, 11) is -1.01. The summed E-state index contributed by atoms with van der Waals surface area (Å²) in [5, 5.41) is 3.44. The van der Waals surface area contributed by atoms with E-state index in [-0.39, 0.29) is 41.4 Å². The number of carbonyl (C=O) groups is 2. The van der Waals surface area contributed by atoms with Crippen molar-refractivity contribution in [2.24, 2.45) is 0 Å². The number of hydrogen-bond acceptors (Lipinski definition) is 6. The van der Waals surface area contributed by atoms with Crippen LogP contribution in [-0.2, 0) is 32.6 Å². The number of carbonyl (C=O) groups excluding carboxylic acids is 2. The maximum absolute atomic E-state index is 14.3. The minimum Gasteiger partial charge on any atom is -0.497 e. The number of benzene rings is 3. The summed E-state index contributed by atoms with van der Waals surface area (Å²) in [6.07, 6.45) is 5.08. The molecule has 43 heavy (non-hydrogen) atoms. The van der Waals surface area contributed by atoms with Crippen molar-refractivity contribution in [2.45, 2.75) is 50.7 Å². The number of methoxy groups -OCH3 is 2. The number of sulfonamides is 1. The molecular formula is C32H38ClN3O6S. The fraction of sp³-hybridized carbons (Fsp3) is 0.375. The fourth-order valence-electron chi connectivity index (χ4n) is 5.34. The first-order valence-corrected chi connectivity index (χ1v) is 16.4. The average molecular weight is 628 g/mol. The molecule has 3 aromatic rings. The summed E-state index contributed by atoms with van der Waals surface area (Å²) in [6.45, 7) is -0.516. The van der Waals surface area contributed by atoms with Gasteiger partial charge in [-0.25, -0.2) is 8.42 Å². The molecule has 1 N–H and O–H groups in total. The quantitative estimate of drug-likeness (QED) is 0.291. The smallest absolute Gasteiger partial charge is 0.244 e. The molecule has 11 heteroatoms. The zero-order valence-electron chi connectivity index (χ0n) is 24.7. The normalized spacial score (nSPS) is 14.1. The van der Waals surface area contributed by atoms with E-state index >= 15 is 0 Å². The van der Waals surface area contributed by atoms with Crippen LogP contribution in [0.3, 0.4) is 0 Å². The molecule has 3 aromatic carbocycles. The molecule has 1 aliphatic rings. The van der Waals surface area contributed by atoms with Gasteiger partial charge < -0.3 is 19.7 Å². The third kappa shape index (κ3) is 8.64. The van der Waals surface area contributed by atoms with Crippen molar-refractivity contribution >= 4 is 39.1 Å². The molecule has 230 valence electrons. The van der Waals surface area contributed by atoms with Crippen molar-refractivity contribution in [1.82, 2.24) is 10.2 Å². The Kier molecular flexibility index (Phi) is 10.9. The molecule has 0 heterocycles. The molecule has 1 saturated carbocycles. The number of nitrogens with zero attached hydrogens (tertiary/aromatic N) is 2. The van der Waals surface area contributed by atoms with E-state index in [1.165, 1.54) is 18.1 Å². The van der Waals surface area contributed by atoms with Crippen LogP contribution in [0.5, 0.6) is 11.5 Å². The van der Waals surface area contributed by atoms with Crippen LogP contribution in [0.4, 0.5) is 5.69 Å². The van der Waals surface area contributed by atoms with Crippen LogP contribution < -0.4 is 19.1 Å². The zero-order valence-corrected chi connectivity index (χ0v) is 26.2. The molecule has 2 amide bonds. The molecule has 9 nitrogen and oxygen atoms in total. The van der Waals surface area contributed by atoms with Crippen LogP contribution in [0.15, 0.2) is 72.8 Å². The van der Waals surface area contributed by atoms with E-state index in [0.717, 1.165) is 47.4 Å². The second kappa shape index (κ2) is 14.6. The van der Waals surface area contributed by atoms with Crippen LogP contribution in [0.25, 0.3) is 0 Å². The number of anilines is 1. The topological polar surface area (TPSA) is 105 Å². The van der Waals surface area contributed by atoms with Gasteiger partial charge in [0.05, 0.1) is 26.2 Å². The van der Waals surface area contributed by atoms with E-state index < -0.39 is 28.5 Å². The number of amides is 2. The van der Waals surface area contributed by atoms with Crippen molar-refractivity contribution in [3.05, 3.63) is 88.9 Å². The molecule has 0 aromatic heterocycles. The van der Waals surface area contributed by atoms with Gasteiger partial charge in [-0.15, -0.1) is 0 Å². The third-order valence-electron chi connectivity index (χ3n) is 7.55. The second-order valence-corrected chi connectivity index (χ2v) is 13.0. The van der Waals surface area contributed by atoms with Crippen LogP contribution in [0.2, 0.25) is 5.02 Å². The van der Waals surface area contributed by atoms with E-state index in [1.54, 1.807) is 37.4 Å². The maximum atomic E-state index is 14.3. The molecule has 0 spiro atoms. The van der Waals surface area contributed by atoms with Gasteiger partial charge in [0.25, 0.3) is 0 Å². The summed E-state index contributed by atoms with van der Waals surface area (Å²) in [4.78, 5) is 29.7. The highest BCUT2D eigenvalue weighted by Gasteiger charge is 2.35. The Balaban J connectivity index is 1.77. The first kappa shape index (κ1) is 32.2. The van der Waals surface area contributed by atoms with E-state index in [9.17, 15) is 18.0 Å². The van der Waals surface area contributed by atoms with Crippen molar-refractivity contribution in [3.63, 3.8) is 0 Å². The van der Waals surface area contributed by atoms with Crippen molar-refractivity contribution in [1.29, 1.82) is 0 Å². The van der Waals surface area contributed by atoms with Crippen molar-refractivity contribution < 1.29 is 27.5 Å². The van der Waals surface area contributed by atoms with Gasteiger partial charge in [-0.1, -0.05) is 66.9 Å². The second-order valence-electron chi connectivity index (χ2n) is 10.7. The first-order chi connectivity index (χ1) is 20.6. The van der Waals surface area contributed by atoms with Gasteiger partial charge >= 0.3 is 0 Å². The molecule has 1 atom stereocenters. The molecule has 0 bridgehead atoms. The standard InChI is InChI=1S/C32H38ClN3O6S/c1-41-27-15-9-12-24(18-27)21-35(29(19-23-10-5-4-6-11-23)32(38)34-26-13-7-8-14-26)31(37)22-36(43(3,39)40)28-20-25(33)16-17-30(28)42-2/h4-6,9-12,15-18,20,26,29H,7-8,13-14,19,21-22H2,1-3H3,(H,34,38). The molecule has 1 fully saturated rings. The average Bonchev–Trinajstić information content (AvgIpc) is 3.50. The van der Waals surface area contributed by atoms with Crippen LogP contribution >= 0.6 is 11.6 Å².